The normalized spacial score (nSPS) is 10.1. The monoisotopic (exact) mass is 272 g/mol. The van der Waals surface area contributed by atoms with E-state index in [1.165, 1.54) is 5.56 Å². The molecule has 0 aliphatic heterocycles. The van der Waals surface area contributed by atoms with Gasteiger partial charge in [0.15, 0.2) is 0 Å². The Labute approximate surface area is 124 Å². The highest BCUT2D eigenvalue weighted by Gasteiger charge is 2.02. The van der Waals surface area contributed by atoms with E-state index in [-0.39, 0.29) is 0 Å². The van der Waals surface area contributed by atoms with Crippen LogP contribution in [0.5, 0.6) is 0 Å². The minimum Gasteiger partial charge on any atom is -0.340 e. The van der Waals surface area contributed by atoms with Gasteiger partial charge in [-0.25, -0.2) is 0 Å². The largest absolute Gasteiger partial charge is 0.340 e. The van der Waals surface area contributed by atoms with E-state index in [1.807, 2.05) is 72.8 Å². The third-order valence-corrected chi connectivity index (χ3v) is 3.32. The number of amidine groups is 1. The first kappa shape index (κ1) is 13.1. The van der Waals surface area contributed by atoms with E-state index < -0.39 is 0 Å². The minimum atomic E-state index is 0.404. The predicted molar refractivity (Wildman–Crippen MR) is 88.8 cm³/mol. The quantitative estimate of drug-likeness (QED) is 0.522. The highest BCUT2D eigenvalue weighted by Crippen LogP contribution is 2.19. The lowest BCUT2D eigenvalue weighted by Crippen LogP contribution is -2.11. The Balaban J connectivity index is 1.77. The maximum absolute atomic E-state index is 8.13. The van der Waals surface area contributed by atoms with E-state index in [2.05, 4.69) is 17.4 Å². The first-order chi connectivity index (χ1) is 10.3. The highest BCUT2D eigenvalue weighted by atomic mass is 14.9. The highest BCUT2D eigenvalue weighted by molar-refractivity contribution is 6.06. The molecule has 0 bridgehead atoms. The van der Waals surface area contributed by atoms with Crippen LogP contribution in [-0.2, 0) is 0 Å². The van der Waals surface area contributed by atoms with Crippen molar-refractivity contribution < 1.29 is 0 Å². The summed E-state index contributed by atoms with van der Waals surface area (Å²) in [7, 11) is 0. The number of hydrogen-bond acceptors (Lipinski definition) is 1. The number of para-hydroxylation sites is 1. The molecule has 2 N–H and O–H groups in total. The third-order valence-electron chi connectivity index (χ3n) is 3.32. The molecule has 3 rings (SSSR count). The fourth-order valence-corrected chi connectivity index (χ4v) is 2.20. The molecule has 0 saturated carbocycles. The van der Waals surface area contributed by atoms with Gasteiger partial charge in [-0.3, -0.25) is 5.41 Å². The average molecular weight is 272 g/mol. The Kier molecular flexibility index (Phi) is 3.79. The molecule has 2 heteroatoms. The molecule has 0 unspecified atom stereocenters. The van der Waals surface area contributed by atoms with Crippen LogP contribution in [0.1, 0.15) is 5.56 Å². The molecule has 0 fully saturated rings. The first-order valence-corrected chi connectivity index (χ1v) is 6.89. The summed E-state index contributed by atoms with van der Waals surface area (Å²) in [4.78, 5) is 0. The predicted octanol–water partition coefficient (Wildman–Crippen LogP) is 4.79. The van der Waals surface area contributed by atoms with E-state index in [9.17, 15) is 0 Å². The van der Waals surface area contributed by atoms with E-state index in [1.54, 1.807) is 0 Å². The second-order valence-corrected chi connectivity index (χ2v) is 4.81. The van der Waals surface area contributed by atoms with Gasteiger partial charge in [0.25, 0.3) is 0 Å². The van der Waals surface area contributed by atoms with Crippen molar-refractivity contribution in [3.63, 3.8) is 0 Å². The van der Waals surface area contributed by atoms with Gasteiger partial charge in [0, 0.05) is 11.3 Å². The van der Waals surface area contributed by atoms with Gasteiger partial charge in [-0.15, -0.1) is 0 Å². The second kappa shape index (κ2) is 6.06. The summed E-state index contributed by atoms with van der Waals surface area (Å²) >= 11 is 0. The van der Waals surface area contributed by atoms with Crippen LogP contribution in [0.25, 0.3) is 11.1 Å². The van der Waals surface area contributed by atoms with Crippen molar-refractivity contribution in [2.45, 2.75) is 0 Å². The molecule has 102 valence electrons. The van der Waals surface area contributed by atoms with Crippen LogP contribution in [0.3, 0.4) is 0 Å². The van der Waals surface area contributed by atoms with Gasteiger partial charge in [0.05, 0.1) is 0 Å². The molecule has 0 heterocycles. The number of nitrogens with one attached hydrogen (secondary N) is 2. The number of rotatable bonds is 3. The van der Waals surface area contributed by atoms with Crippen LogP contribution >= 0.6 is 0 Å². The second-order valence-electron chi connectivity index (χ2n) is 4.81. The molecule has 0 aliphatic carbocycles. The molecule has 21 heavy (non-hydrogen) atoms. The smallest absolute Gasteiger partial charge is 0.129 e. The van der Waals surface area contributed by atoms with E-state index in [0.717, 1.165) is 16.8 Å². The summed E-state index contributed by atoms with van der Waals surface area (Å²) < 4.78 is 0. The Morgan fingerprint density at radius 1 is 0.619 bits per heavy atom. The Morgan fingerprint density at radius 2 is 1.14 bits per heavy atom. The van der Waals surface area contributed by atoms with Gasteiger partial charge in [0.2, 0.25) is 0 Å². The molecule has 0 saturated heterocycles. The van der Waals surface area contributed by atoms with Crippen molar-refractivity contribution in [2.24, 2.45) is 0 Å². The Morgan fingerprint density at radius 3 is 1.76 bits per heavy atom. The zero-order valence-electron chi connectivity index (χ0n) is 11.6. The number of benzene rings is 3. The third kappa shape index (κ3) is 3.18. The van der Waals surface area contributed by atoms with Crippen LogP contribution in [-0.4, -0.2) is 5.84 Å². The summed E-state index contributed by atoms with van der Waals surface area (Å²) in [5, 5.41) is 11.2. The van der Waals surface area contributed by atoms with Crippen molar-refractivity contribution in [1.82, 2.24) is 0 Å². The minimum absolute atomic E-state index is 0.404. The molecular weight excluding hydrogens is 256 g/mol. The average Bonchev–Trinajstić information content (AvgIpc) is 2.57. The summed E-state index contributed by atoms with van der Waals surface area (Å²) in [6.07, 6.45) is 0. The van der Waals surface area contributed by atoms with Crippen LogP contribution in [0, 0.1) is 5.41 Å². The standard InChI is InChI=1S/C19H16N2/c20-19(21-18-9-5-2-6-10-18)17-13-11-16(12-14-17)15-7-3-1-4-8-15/h1-14H,(H2,20,21). The lowest BCUT2D eigenvalue weighted by atomic mass is 10.0. The fourth-order valence-electron chi connectivity index (χ4n) is 2.20. The van der Waals surface area contributed by atoms with Crippen molar-refractivity contribution in [3.8, 4) is 11.1 Å². The first-order valence-electron chi connectivity index (χ1n) is 6.89. The van der Waals surface area contributed by atoms with Crippen LogP contribution < -0.4 is 5.32 Å². The fraction of sp³-hybridized carbons (Fsp3) is 0. The summed E-state index contributed by atoms with van der Waals surface area (Å²) in [5.41, 5.74) is 4.15. The van der Waals surface area contributed by atoms with Crippen molar-refractivity contribution >= 4 is 11.5 Å². The lowest BCUT2D eigenvalue weighted by Gasteiger charge is -2.09. The van der Waals surface area contributed by atoms with E-state index >= 15 is 0 Å². The molecule has 0 aliphatic rings. The van der Waals surface area contributed by atoms with Gasteiger partial charge in [-0.1, -0.05) is 72.8 Å². The Hall–Kier alpha value is -2.87. The lowest BCUT2D eigenvalue weighted by molar-refractivity contribution is 1.44. The summed E-state index contributed by atoms with van der Waals surface area (Å²) in [6, 6.07) is 28.1. The molecule has 0 aromatic heterocycles. The van der Waals surface area contributed by atoms with Gasteiger partial charge >= 0.3 is 0 Å². The van der Waals surface area contributed by atoms with Gasteiger partial charge in [-0.05, 0) is 23.3 Å². The summed E-state index contributed by atoms with van der Waals surface area (Å²) in [5.74, 6) is 0.404. The van der Waals surface area contributed by atoms with Gasteiger partial charge in [0.1, 0.15) is 5.84 Å². The molecule has 3 aromatic carbocycles. The van der Waals surface area contributed by atoms with Crippen LogP contribution in [0.2, 0.25) is 0 Å². The molecule has 0 amide bonds. The van der Waals surface area contributed by atoms with E-state index in [4.69, 9.17) is 5.41 Å². The SMILES string of the molecule is N=C(Nc1ccccc1)c1ccc(-c2ccccc2)cc1. The summed E-state index contributed by atoms with van der Waals surface area (Å²) in [6.45, 7) is 0. The maximum atomic E-state index is 8.13. The topological polar surface area (TPSA) is 35.9 Å². The van der Waals surface area contributed by atoms with Gasteiger partial charge < -0.3 is 5.32 Å². The van der Waals surface area contributed by atoms with Crippen molar-refractivity contribution in [2.75, 3.05) is 5.32 Å². The number of anilines is 1. The molecule has 0 radical (unpaired) electrons. The van der Waals surface area contributed by atoms with E-state index in [0.29, 0.717) is 5.84 Å². The molecule has 2 nitrogen and oxygen atoms in total. The van der Waals surface area contributed by atoms with Crippen molar-refractivity contribution in [3.05, 3.63) is 90.5 Å². The van der Waals surface area contributed by atoms with Crippen molar-refractivity contribution in [1.29, 1.82) is 5.41 Å². The molecule has 3 aromatic rings. The molecular formula is C19H16N2. The molecule has 0 atom stereocenters. The zero-order chi connectivity index (χ0) is 14.5. The number of hydrogen-bond donors (Lipinski definition) is 2. The zero-order valence-corrected chi connectivity index (χ0v) is 11.6. The van der Waals surface area contributed by atoms with Gasteiger partial charge in [-0.2, -0.15) is 0 Å². The molecule has 0 spiro atoms. The van der Waals surface area contributed by atoms with Crippen LogP contribution in [0.15, 0.2) is 84.9 Å². The Bertz CT molecular complexity index is 717. The maximum Gasteiger partial charge on any atom is 0.129 e. The van der Waals surface area contributed by atoms with Crippen LogP contribution in [0.4, 0.5) is 5.69 Å².